The van der Waals surface area contributed by atoms with Crippen molar-refractivity contribution in [1.82, 2.24) is 4.98 Å². The molecule has 1 N–H and O–H groups in total. The van der Waals surface area contributed by atoms with Crippen molar-refractivity contribution in [2.75, 3.05) is 0 Å². The Morgan fingerprint density at radius 1 is 1.38 bits per heavy atom. The van der Waals surface area contributed by atoms with E-state index in [0.717, 1.165) is 0 Å². The molecule has 0 bridgehead atoms. The van der Waals surface area contributed by atoms with Gasteiger partial charge in [0, 0.05) is 0 Å². The Balaban J connectivity index is 3.03. The molecule has 0 unspecified atom stereocenters. The van der Waals surface area contributed by atoms with Crippen molar-refractivity contribution in [3.05, 3.63) is 43.7 Å². The summed E-state index contributed by atoms with van der Waals surface area (Å²) in [6.45, 7) is 0. The number of fused-ring (bicyclic) bond motifs is 1. The fourth-order valence-corrected chi connectivity index (χ4v) is 1.19. The van der Waals surface area contributed by atoms with Crippen LogP contribution in [-0.2, 0) is 0 Å². The topological polar surface area (TPSA) is 63.1 Å². The van der Waals surface area contributed by atoms with Crippen LogP contribution in [0.5, 0.6) is 0 Å². The van der Waals surface area contributed by atoms with Gasteiger partial charge in [0.05, 0.1) is 5.22 Å². The minimum Gasteiger partial charge on any atom is -0.409 e. The van der Waals surface area contributed by atoms with Crippen molar-refractivity contribution in [2.24, 2.45) is 0 Å². The van der Waals surface area contributed by atoms with Crippen LogP contribution in [0.1, 0.15) is 6.42 Å². The standard InChI is InChI=1S/C9H7NO3/c11-8-6-4-2-1-3-5-7(6)13-9(12)10-8/h1,3-5H,2H2,(H,10,11,12). The lowest BCUT2D eigenvalue weighted by atomic mass is 10.3. The van der Waals surface area contributed by atoms with Crippen molar-refractivity contribution in [2.45, 2.75) is 6.42 Å². The molecule has 0 spiro atoms. The van der Waals surface area contributed by atoms with Crippen molar-refractivity contribution in [1.29, 1.82) is 0 Å². The van der Waals surface area contributed by atoms with Crippen LogP contribution in [0.15, 0.2) is 26.2 Å². The fourth-order valence-electron chi connectivity index (χ4n) is 1.19. The highest BCUT2D eigenvalue weighted by Gasteiger charge is 1.97. The Morgan fingerprint density at radius 2 is 2.23 bits per heavy atom. The van der Waals surface area contributed by atoms with Gasteiger partial charge in [-0.3, -0.25) is 9.78 Å². The number of hydrogen-bond acceptors (Lipinski definition) is 3. The van der Waals surface area contributed by atoms with E-state index in [1.54, 1.807) is 18.2 Å². The number of hydrogen-bond donors (Lipinski definition) is 1. The molecule has 0 fully saturated rings. The van der Waals surface area contributed by atoms with Gasteiger partial charge in [0.25, 0.3) is 5.56 Å². The van der Waals surface area contributed by atoms with Gasteiger partial charge >= 0.3 is 5.76 Å². The van der Waals surface area contributed by atoms with Gasteiger partial charge in [-0.05, 0) is 12.5 Å². The number of nitrogens with one attached hydrogen (secondary N) is 1. The van der Waals surface area contributed by atoms with E-state index in [0.29, 0.717) is 17.1 Å². The molecule has 1 aliphatic rings. The monoisotopic (exact) mass is 177 g/mol. The molecule has 13 heavy (non-hydrogen) atoms. The lowest BCUT2D eigenvalue weighted by Gasteiger charge is -1.85. The summed E-state index contributed by atoms with van der Waals surface area (Å²) in [6, 6.07) is 0. The van der Waals surface area contributed by atoms with Crippen LogP contribution in [0.25, 0.3) is 12.2 Å². The Morgan fingerprint density at radius 3 is 3.08 bits per heavy atom. The molecule has 0 amide bonds. The van der Waals surface area contributed by atoms with Gasteiger partial charge in [-0.25, -0.2) is 4.79 Å². The molecule has 0 saturated heterocycles. The third-order valence-corrected chi connectivity index (χ3v) is 1.77. The average Bonchev–Trinajstić information content (AvgIpc) is 2.28. The summed E-state index contributed by atoms with van der Waals surface area (Å²) < 4.78 is 4.81. The molecular weight excluding hydrogens is 170 g/mol. The summed E-state index contributed by atoms with van der Waals surface area (Å²) in [5, 5.41) is 0.421. The fraction of sp³-hybridized carbons (Fsp3) is 0.111. The summed E-state index contributed by atoms with van der Waals surface area (Å²) in [5.74, 6) is -0.719. The first-order valence-electron chi connectivity index (χ1n) is 3.88. The van der Waals surface area contributed by atoms with E-state index >= 15 is 0 Å². The van der Waals surface area contributed by atoms with E-state index in [1.807, 2.05) is 6.08 Å². The number of aromatic nitrogens is 1. The first kappa shape index (κ1) is 7.79. The number of rotatable bonds is 0. The van der Waals surface area contributed by atoms with E-state index in [-0.39, 0.29) is 0 Å². The lowest BCUT2D eigenvalue weighted by molar-refractivity contribution is 0.444. The zero-order valence-corrected chi connectivity index (χ0v) is 6.74. The van der Waals surface area contributed by atoms with Crippen LogP contribution < -0.4 is 21.9 Å². The second-order valence-electron chi connectivity index (χ2n) is 2.66. The van der Waals surface area contributed by atoms with Gasteiger partial charge in [0.15, 0.2) is 0 Å². The predicted octanol–water partition coefficient (Wildman–Crippen LogP) is -1.15. The SMILES string of the molecule is O=c1[nH]c(=O)c2c(o1)=CC=CCC=2. The highest BCUT2D eigenvalue weighted by atomic mass is 16.4. The van der Waals surface area contributed by atoms with Gasteiger partial charge in [-0.1, -0.05) is 18.2 Å². The van der Waals surface area contributed by atoms with Crippen molar-refractivity contribution in [3.8, 4) is 0 Å². The zero-order valence-electron chi connectivity index (χ0n) is 6.74. The summed E-state index contributed by atoms with van der Waals surface area (Å²) in [4.78, 5) is 24.1. The summed E-state index contributed by atoms with van der Waals surface area (Å²) >= 11 is 0. The van der Waals surface area contributed by atoms with Gasteiger partial charge in [-0.15, -0.1) is 0 Å². The van der Waals surface area contributed by atoms with Crippen LogP contribution in [0.2, 0.25) is 0 Å². The second kappa shape index (κ2) is 2.90. The Kier molecular flexibility index (Phi) is 1.73. The van der Waals surface area contributed by atoms with E-state index in [2.05, 4.69) is 4.98 Å². The van der Waals surface area contributed by atoms with E-state index < -0.39 is 11.3 Å². The molecule has 1 heterocycles. The van der Waals surface area contributed by atoms with Crippen LogP contribution >= 0.6 is 0 Å². The smallest absolute Gasteiger partial charge is 0.409 e. The summed E-state index contributed by atoms with van der Waals surface area (Å²) in [6.07, 6.45) is 7.62. The van der Waals surface area contributed by atoms with E-state index in [4.69, 9.17) is 4.42 Å². The van der Waals surface area contributed by atoms with Gasteiger partial charge in [0.1, 0.15) is 5.42 Å². The Bertz CT molecular complexity index is 574. The van der Waals surface area contributed by atoms with E-state index in [1.165, 1.54) is 0 Å². The maximum atomic E-state index is 11.2. The summed E-state index contributed by atoms with van der Waals surface area (Å²) in [5.41, 5.74) is -0.0753. The van der Waals surface area contributed by atoms with Crippen LogP contribution in [-0.4, -0.2) is 4.98 Å². The largest absolute Gasteiger partial charge is 0.419 e. The molecule has 1 aromatic heterocycles. The van der Waals surface area contributed by atoms with Gasteiger partial charge in [0.2, 0.25) is 0 Å². The molecule has 66 valence electrons. The van der Waals surface area contributed by atoms with Crippen LogP contribution in [0.3, 0.4) is 0 Å². The number of H-pyrrole nitrogens is 1. The maximum Gasteiger partial charge on any atom is 0.419 e. The van der Waals surface area contributed by atoms with Crippen molar-refractivity contribution < 1.29 is 4.42 Å². The van der Waals surface area contributed by atoms with Gasteiger partial charge < -0.3 is 4.42 Å². The number of aromatic amines is 1. The second-order valence-corrected chi connectivity index (χ2v) is 2.66. The summed E-state index contributed by atoms with van der Waals surface area (Å²) in [7, 11) is 0. The molecule has 1 aliphatic carbocycles. The molecule has 0 aliphatic heterocycles. The average molecular weight is 177 g/mol. The lowest BCUT2D eigenvalue weighted by Crippen LogP contribution is -2.44. The third kappa shape index (κ3) is 1.38. The maximum absolute atomic E-state index is 11.2. The highest BCUT2D eigenvalue weighted by Crippen LogP contribution is 1.85. The zero-order chi connectivity index (χ0) is 9.26. The molecule has 1 aromatic rings. The molecule has 0 atom stereocenters. The van der Waals surface area contributed by atoms with Crippen LogP contribution in [0.4, 0.5) is 0 Å². The minimum absolute atomic E-state index is 0.322. The first-order valence-corrected chi connectivity index (χ1v) is 3.88. The molecule has 0 aromatic carbocycles. The molecule has 4 heteroatoms. The third-order valence-electron chi connectivity index (χ3n) is 1.77. The quantitative estimate of drug-likeness (QED) is 0.544. The predicted molar refractivity (Wildman–Crippen MR) is 47.5 cm³/mol. The first-order chi connectivity index (χ1) is 6.27. The highest BCUT2D eigenvalue weighted by molar-refractivity contribution is 5.40. The molecule has 0 saturated carbocycles. The minimum atomic E-state index is -0.719. The number of allylic oxidation sites excluding steroid dienone is 2. The van der Waals surface area contributed by atoms with Crippen molar-refractivity contribution >= 4 is 12.2 Å². The van der Waals surface area contributed by atoms with Crippen LogP contribution in [0, 0.1) is 0 Å². The molecular formula is C9H7NO3. The normalized spacial score (nSPS) is 13.8. The Labute approximate surface area is 72.5 Å². The Hall–Kier alpha value is -1.84. The van der Waals surface area contributed by atoms with Crippen molar-refractivity contribution in [3.63, 3.8) is 0 Å². The van der Waals surface area contributed by atoms with Gasteiger partial charge in [-0.2, -0.15) is 0 Å². The molecule has 0 radical (unpaired) electrons. The van der Waals surface area contributed by atoms with E-state index in [9.17, 15) is 9.59 Å². The molecule has 4 nitrogen and oxygen atoms in total. The molecule has 2 rings (SSSR count).